The minimum absolute atomic E-state index is 0.0245. The molecule has 1 aliphatic heterocycles. The van der Waals surface area contributed by atoms with E-state index in [0.29, 0.717) is 30.6 Å². The zero-order valence-electron chi connectivity index (χ0n) is 28.7. The summed E-state index contributed by atoms with van der Waals surface area (Å²) in [6, 6.07) is 24.3. The van der Waals surface area contributed by atoms with Gasteiger partial charge in [0, 0.05) is 37.6 Å². The summed E-state index contributed by atoms with van der Waals surface area (Å²) in [4.78, 5) is 41.1. The second kappa shape index (κ2) is 14.4. The van der Waals surface area contributed by atoms with E-state index in [2.05, 4.69) is 5.32 Å². The first kappa shape index (κ1) is 36.3. The summed E-state index contributed by atoms with van der Waals surface area (Å²) in [6.45, 7) is 0.938. The Morgan fingerprint density at radius 1 is 0.889 bits per heavy atom. The van der Waals surface area contributed by atoms with E-state index in [0.717, 1.165) is 22.3 Å². The molecule has 2 heterocycles. The van der Waals surface area contributed by atoms with Crippen molar-refractivity contribution in [3.63, 3.8) is 0 Å². The van der Waals surface area contributed by atoms with Crippen molar-refractivity contribution in [2.24, 2.45) is 7.05 Å². The third-order valence-electron chi connectivity index (χ3n) is 9.75. The highest BCUT2D eigenvalue weighted by molar-refractivity contribution is 6.02. The average Bonchev–Trinajstić information content (AvgIpc) is 3.15. The Bertz CT molecular complexity index is 2460. The molecule has 0 spiro atoms. The second-order valence-corrected chi connectivity index (χ2v) is 13.0. The van der Waals surface area contributed by atoms with Crippen molar-refractivity contribution in [2.75, 3.05) is 24.6 Å². The summed E-state index contributed by atoms with van der Waals surface area (Å²) in [5.74, 6) is -5.20. The van der Waals surface area contributed by atoms with Crippen LogP contribution >= 0.6 is 0 Å². The highest BCUT2D eigenvalue weighted by atomic mass is 19.4. The molecule has 0 aliphatic carbocycles. The number of carbonyl (C=O) groups excluding carboxylic acids is 1. The zero-order valence-corrected chi connectivity index (χ0v) is 28.7. The number of nitrogens with zero attached hydrogens (tertiary/aromatic N) is 2. The summed E-state index contributed by atoms with van der Waals surface area (Å²) in [6.07, 6.45) is -5.66. The molecule has 1 amide bonds. The van der Waals surface area contributed by atoms with Gasteiger partial charge < -0.3 is 24.6 Å². The number of rotatable bonds is 8. The van der Waals surface area contributed by atoms with Crippen LogP contribution in [0.4, 0.5) is 27.6 Å². The third-order valence-corrected chi connectivity index (χ3v) is 9.75. The lowest BCUT2D eigenvalue weighted by Gasteiger charge is -2.35. The van der Waals surface area contributed by atoms with Crippen LogP contribution in [-0.4, -0.2) is 47.3 Å². The van der Waals surface area contributed by atoms with Crippen LogP contribution in [-0.2, 0) is 29.2 Å². The van der Waals surface area contributed by atoms with E-state index in [-0.39, 0.29) is 33.6 Å². The number of ether oxygens (including phenoxy) is 1. The predicted octanol–water partition coefficient (Wildman–Crippen LogP) is 7.66. The number of morpholine rings is 1. The number of hydrogen-bond acceptors (Lipinski definition) is 5. The van der Waals surface area contributed by atoms with Crippen LogP contribution in [0.25, 0.3) is 32.8 Å². The van der Waals surface area contributed by atoms with Crippen LogP contribution in [0.3, 0.4) is 0 Å². The lowest BCUT2D eigenvalue weighted by molar-refractivity contribution is -0.139. The van der Waals surface area contributed by atoms with Crippen LogP contribution in [0.15, 0.2) is 108 Å². The second-order valence-electron chi connectivity index (χ2n) is 13.0. The number of aryl methyl sites for hydroxylation is 1. The van der Waals surface area contributed by atoms with Gasteiger partial charge in [0.2, 0.25) is 0 Å². The fourth-order valence-corrected chi connectivity index (χ4v) is 7.17. The number of aliphatic carboxylic acids is 1. The number of carboxylic acids is 1. The van der Waals surface area contributed by atoms with Gasteiger partial charge in [-0.2, -0.15) is 13.2 Å². The molecule has 276 valence electrons. The number of anilines is 1. The van der Waals surface area contributed by atoms with E-state index in [1.54, 1.807) is 11.0 Å². The fourth-order valence-electron chi connectivity index (χ4n) is 7.17. The maximum absolute atomic E-state index is 15.5. The molecule has 8 nitrogen and oxygen atoms in total. The maximum Gasteiger partial charge on any atom is 0.417 e. The van der Waals surface area contributed by atoms with E-state index < -0.39 is 64.4 Å². The topological polar surface area (TPSA) is 101 Å². The molecule has 2 atom stereocenters. The molecular weight excluding hydrogens is 709 g/mol. The van der Waals surface area contributed by atoms with Crippen LogP contribution in [0.5, 0.6) is 0 Å². The molecule has 7 rings (SSSR count). The lowest BCUT2D eigenvalue weighted by Crippen LogP contribution is -2.43. The lowest BCUT2D eigenvalue weighted by atomic mass is 9.90. The Balaban J connectivity index is 1.19. The molecule has 1 fully saturated rings. The molecule has 2 N–H and O–H groups in total. The molecule has 1 aromatic heterocycles. The zero-order chi connectivity index (χ0) is 38.3. The first-order valence-electron chi connectivity index (χ1n) is 17.0. The number of benzene rings is 5. The van der Waals surface area contributed by atoms with E-state index in [4.69, 9.17) is 4.74 Å². The Kier molecular flexibility index (Phi) is 9.67. The van der Waals surface area contributed by atoms with Gasteiger partial charge >= 0.3 is 12.1 Å². The van der Waals surface area contributed by atoms with Gasteiger partial charge in [0.05, 0.1) is 23.3 Å². The normalized spacial score (nSPS) is 15.4. The average molecular weight is 742 g/mol. The number of carbonyl (C=O) groups is 2. The van der Waals surface area contributed by atoms with Crippen molar-refractivity contribution in [3.8, 4) is 11.1 Å². The summed E-state index contributed by atoms with van der Waals surface area (Å²) in [5.41, 5.74) is -2.08. The number of pyridine rings is 1. The molecule has 1 saturated heterocycles. The summed E-state index contributed by atoms with van der Waals surface area (Å²) in [5, 5.41) is 12.7. The van der Waals surface area contributed by atoms with Crippen LogP contribution in [0.2, 0.25) is 0 Å². The van der Waals surface area contributed by atoms with Crippen LogP contribution in [0, 0.1) is 11.6 Å². The molecule has 13 heteroatoms. The van der Waals surface area contributed by atoms with Crippen LogP contribution in [0.1, 0.15) is 33.2 Å². The van der Waals surface area contributed by atoms with Crippen molar-refractivity contribution in [2.45, 2.75) is 24.7 Å². The number of alkyl halides is 3. The van der Waals surface area contributed by atoms with Gasteiger partial charge in [-0.3, -0.25) is 9.59 Å². The maximum atomic E-state index is 15.5. The Morgan fingerprint density at radius 2 is 1.54 bits per heavy atom. The number of hydrogen-bond donors (Lipinski definition) is 2. The Labute approximate surface area is 305 Å². The molecule has 54 heavy (non-hydrogen) atoms. The van der Waals surface area contributed by atoms with E-state index >= 15 is 8.78 Å². The highest BCUT2D eigenvalue weighted by Crippen LogP contribution is 2.42. The van der Waals surface area contributed by atoms with Gasteiger partial charge in [0.25, 0.3) is 11.5 Å². The Hall–Kier alpha value is -6.08. The summed E-state index contributed by atoms with van der Waals surface area (Å²) < 4.78 is 82.1. The highest BCUT2D eigenvalue weighted by Gasteiger charge is 2.38. The molecular formula is C41H32F5N3O5. The van der Waals surface area contributed by atoms with Crippen LogP contribution < -0.4 is 15.8 Å². The molecule has 0 bridgehead atoms. The third kappa shape index (κ3) is 6.78. The number of halogens is 5. The van der Waals surface area contributed by atoms with E-state index in [1.165, 1.54) is 61.6 Å². The molecule has 0 saturated carbocycles. The number of aromatic nitrogens is 1. The molecule has 6 aromatic rings. The molecule has 0 unspecified atom stereocenters. The van der Waals surface area contributed by atoms with Gasteiger partial charge in [-0.1, -0.05) is 84.9 Å². The quantitative estimate of drug-likeness (QED) is 0.156. The smallest absolute Gasteiger partial charge is 0.417 e. The first-order chi connectivity index (χ1) is 25.8. The SMILES string of the molecule is Cn1c(=O)c(-c2cccc3c(C[C@H](NC(=O)c4c(F)cc(N5CCO[C@H](c6ccccc6)C5)cc4F)C(=O)O)cccc23)c(C(F)(F)F)c2ccccc21. The number of fused-ring (bicyclic) bond motifs is 2. The summed E-state index contributed by atoms with van der Waals surface area (Å²) in [7, 11) is 1.38. The molecule has 5 aromatic carbocycles. The van der Waals surface area contributed by atoms with Crippen molar-refractivity contribution >= 4 is 39.2 Å². The standard InChI is InChI=1S/C41H32F5N3O5/c1-48-33-16-6-5-12-29(33)37(41(44,45)46)35(39(48)51)28-15-8-13-26-24(11-7-14-27(26)28)19-32(40(52)53)47-38(50)36-30(42)20-25(21-31(36)43)49-17-18-54-34(22-49)23-9-3-2-4-10-23/h2-16,20-21,32,34H,17-19,22H2,1H3,(H,47,50)(H,52,53)/t32-,34-/m0/s1. The van der Waals surface area contributed by atoms with Crippen molar-refractivity contribution in [1.82, 2.24) is 9.88 Å². The predicted molar refractivity (Wildman–Crippen MR) is 193 cm³/mol. The fraction of sp³-hybridized carbons (Fsp3) is 0.195. The minimum atomic E-state index is -4.91. The van der Waals surface area contributed by atoms with Gasteiger partial charge in [-0.15, -0.1) is 0 Å². The minimum Gasteiger partial charge on any atom is -0.480 e. The van der Waals surface area contributed by atoms with Crippen molar-refractivity contribution < 1.29 is 41.4 Å². The largest absolute Gasteiger partial charge is 0.480 e. The first-order valence-corrected chi connectivity index (χ1v) is 17.0. The van der Waals surface area contributed by atoms with Gasteiger partial charge in [-0.25, -0.2) is 13.6 Å². The number of para-hydroxylation sites is 1. The molecule has 1 aliphatic rings. The summed E-state index contributed by atoms with van der Waals surface area (Å²) >= 11 is 0. The monoisotopic (exact) mass is 741 g/mol. The van der Waals surface area contributed by atoms with E-state index in [1.807, 2.05) is 30.3 Å². The van der Waals surface area contributed by atoms with Gasteiger partial charge in [0.1, 0.15) is 29.3 Å². The van der Waals surface area contributed by atoms with Gasteiger partial charge in [0.15, 0.2) is 0 Å². The molecule has 0 radical (unpaired) electrons. The number of amides is 1. The van der Waals surface area contributed by atoms with Crippen molar-refractivity contribution in [1.29, 1.82) is 0 Å². The van der Waals surface area contributed by atoms with E-state index in [9.17, 15) is 32.7 Å². The van der Waals surface area contributed by atoms with Crippen molar-refractivity contribution in [3.05, 3.63) is 147 Å². The Morgan fingerprint density at radius 3 is 2.24 bits per heavy atom. The number of nitrogens with one attached hydrogen (secondary N) is 1. The van der Waals surface area contributed by atoms with Gasteiger partial charge in [-0.05, 0) is 45.7 Å². The number of carboxylic acid groups (broad SMARTS) is 1.